The number of methoxy groups -OCH3 is 1. The van der Waals surface area contributed by atoms with Gasteiger partial charge in [0.15, 0.2) is 0 Å². The molecule has 0 bridgehead atoms. The van der Waals surface area contributed by atoms with Gasteiger partial charge in [0.05, 0.1) is 12.7 Å². The maximum absolute atomic E-state index is 11.8. The summed E-state index contributed by atoms with van der Waals surface area (Å²) in [5.74, 6) is -0.341. The molecular weight excluding hydrogens is 278 g/mol. The molecule has 4 heteroatoms. The van der Waals surface area contributed by atoms with Crippen molar-refractivity contribution in [2.75, 3.05) is 19.5 Å². The third-order valence-corrected chi connectivity index (χ3v) is 4.37. The van der Waals surface area contributed by atoms with Gasteiger partial charge < -0.3 is 14.8 Å². The van der Waals surface area contributed by atoms with Gasteiger partial charge in [0, 0.05) is 18.2 Å². The monoisotopic (exact) mass is 305 g/mol. The molecule has 0 aliphatic heterocycles. The van der Waals surface area contributed by atoms with Crippen molar-refractivity contribution in [3.05, 3.63) is 28.8 Å². The minimum atomic E-state index is -0.341. The van der Waals surface area contributed by atoms with Gasteiger partial charge in [-0.3, -0.25) is 0 Å². The smallest absolute Gasteiger partial charge is 0.338 e. The SMILES string of the molecule is CCCC(C=O)(CC)Cc1cc(C)c(C(=O)OC)cc1NC. The lowest BCUT2D eigenvalue weighted by Crippen LogP contribution is -2.25. The van der Waals surface area contributed by atoms with Crippen LogP contribution in [-0.2, 0) is 16.0 Å². The molecule has 0 aromatic heterocycles. The molecule has 1 rings (SSSR count). The van der Waals surface area contributed by atoms with Crippen molar-refractivity contribution in [3.63, 3.8) is 0 Å². The van der Waals surface area contributed by atoms with Crippen LogP contribution in [0.2, 0.25) is 0 Å². The highest BCUT2D eigenvalue weighted by Crippen LogP contribution is 2.34. The fraction of sp³-hybridized carbons (Fsp3) is 0.556. The predicted octanol–water partition coefficient (Wildman–Crippen LogP) is 3.76. The summed E-state index contributed by atoms with van der Waals surface area (Å²) in [7, 11) is 3.20. The van der Waals surface area contributed by atoms with Crippen molar-refractivity contribution in [3.8, 4) is 0 Å². The number of hydrogen-bond donors (Lipinski definition) is 1. The van der Waals surface area contributed by atoms with Gasteiger partial charge in [0.25, 0.3) is 0 Å². The van der Waals surface area contributed by atoms with Crippen molar-refractivity contribution in [2.24, 2.45) is 5.41 Å². The van der Waals surface area contributed by atoms with Gasteiger partial charge in [-0.1, -0.05) is 26.3 Å². The summed E-state index contributed by atoms with van der Waals surface area (Å²) < 4.78 is 4.82. The van der Waals surface area contributed by atoms with Crippen LogP contribution >= 0.6 is 0 Å². The summed E-state index contributed by atoms with van der Waals surface area (Å²) in [5.41, 5.74) is 3.03. The molecule has 0 spiro atoms. The van der Waals surface area contributed by atoms with Crippen molar-refractivity contribution in [1.82, 2.24) is 0 Å². The number of rotatable bonds is 8. The number of nitrogens with one attached hydrogen (secondary N) is 1. The molecular formula is C18H27NO3. The van der Waals surface area contributed by atoms with Gasteiger partial charge >= 0.3 is 5.97 Å². The molecule has 22 heavy (non-hydrogen) atoms. The molecule has 0 amide bonds. The third-order valence-electron chi connectivity index (χ3n) is 4.37. The first kappa shape index (κ1) is 18.2. The molecule has 0 saturated heterocycles. The molecule has 0 saturated carbocycles. The molecule has 1 unspecified atom stereocenters. The van der Waals surface area contributed by atoms with Crippen LogP contribution in [0.3, 0.4) is 0 Å². The van der Waals surface area contributed by atoms with Crippen molar-refractivity contribution in [2.45, 2.75) is 46.5 Å². The van der Waals surface area contributed by atoms with Crippen LogP contribution in [0.1, 0.15) is 54.6 Å². The molecule has 122 valence electrons. The average Bonchev–Trinajstić information content (AvgIpc) is 2.53. The minimum Gasteiger partial charge on any atom is -0.465 e. The van der Waals surface area contributed by atoms with E-state index in [2.05, 4.69) is 19.2 Å². The molecule has 1 N–H and O–H groups in total. The van der Waals surface area contributed by atoms with Crippen molar-refractivity contribution < 1.29 is 14.3 Å². The average molecular weight is 305 g/mol. The Morgan fingerprint density at radius 3 is 2.50 bits per heavy atom. The number of aldehydes is 1. The quantitative estimate of drug-likeness (QED) is 0.587. The topological polar surface area (TPSA) is 55.4 Å². The van der Waals surface area contributed by atoms with E-state index >= 15 is 0 Å². The number of ether oxygens (including phenoxy) is 1. The zero-order valence-corrected chi connectivity index (χ0v) is 14.3. The normalized spacial score (nSPS) is 13.3. The molecule has 0 radical (unpaired) electrons. The first-order chi connectivity index (χ1) is 10.5. The third kappa shape index (κ3) is 3.87. The van der Waals surface area contributed by atoms with Crippen LogP contribution in [0, 0.1) is 12.3 Å². The highest BCUT2D eigenvalue weighted by molar-refractivity contribution is 5.92. The Hall–Kier alpha value is -1.84. The number of carbonyl (C=O) groups excluding carboxylic acids is 2. The van der Waals surface area contributed by atoms with E-state index in [4.69, 9.17) is 4.74 Å². The second kappa shape index (κ2) is 7.97. The fourth-order valence-electron chi connectivity index (χ4n) is 2.93. The minimum absolute atomic E-state index is 0.334. The number of hydrogen-bond acceptors (Lipinski definition) is 4. The summed E-state index contributed by atoms with van der Waals surface area (Å²) in [6.45, 7) is 6.04. The number of benzene rings is 1. The van der Waals surface area contributed by atoms with Crippen molar-refractivity contribution in [1.29, 1.82) is 0 Å². The van der Waals surface area contributed by atoms with Crippen LogP contribution in [0.15, 0.2) is 12.1 Å². The van der Waals surface area contributed by atoms with Crippen molar-refractivity contribution >= 4 is 17.9 Å². The number of carbonyl (C=O) groups is 2. The lowest BCUT2D eigenvalue weighted by molar-refractivity contribution is -0.116. The van der Waals surface area contributed by atoms with E-state index in [-0.39, 0.29) is 11.4 Å². The summed E-state index contributed by atoms with van der Waals surface area (Å²) in [6.07, 6.45) is 4.43. The van der Waals surface area contributed by atoms with Crippen LogP contribution in [0.5, 0.6) is 0 Å². The number of esters is 1. The standard InChI is InChI=1S/C18H27NO3/c1-6-8-18(7-2,12-20)11-14-9-13(3)15(17(21)22-5)10-16(14)19-4/h9-10,12,19H,6-8,11H2,1-5H3. The lowest BCUT2D eigenvalue weighted by Gasteiger charge is -2.27. The molecule has 1 aromatic carbocycles. The Morgan fingerprint density at radius 2 is 2.05 bits per heavy atom. The molecule has 0 heterocycles. The first-order valence-corrected chi connectivity index (χ1v) is 7.82. The summed E-state index contributed by atoms with van der Waals surface area (Å²) in [5, 5.41) is 3.13. The zero-order valence-electron chi connectivity index (χ0n) is 14.3. The van der Waals surface area contributed by atoms with E-state index in [1.165, 1.54) is 7.11 Å². The Balaban J connectivity index is 3.27. The van der Waals surface area contributed by atoms with E-state index in [0.29, 0.717) is 12.0 Å². The second-order valence-electron chi connectivity index (χ2n) is 5.83. The van der Waals surface area contributed by atoms with Crippen LogP contribution in [0.4, 0.5) is 5.69 Å². The molecule has 0 aliphatic rings. The second-order valence-corrected chi connectivity index (χ2v) is 5.83. The highest BCUT2D eigenvalue weighted by Gasteiger charge is 2.28. The Kier molecular flexibility index (Phi) is 6.60. The Morgan fingerprint density at radius 1 is 1.36 bits per heavy atom. The van der Waals surface area contributed by atoms with E-state index in [1.807, 2.05) is 26.1 Å². The van der Waals surface area contributed by atoms with Gasteiger partial charge in [-0.25, -0.2) is 4.79 Å². The van der Waals surface area contributed by atoms with Gasteiger partial charge in [0.2, 0.25) is 0 Å². The maximum Gasteiger partial charge on any atom is 0.338 e. The predicted molar refractivity (Wildman–Crippen MR) is 89.5 cm³/mol. The summed E-state index contributed by atoms with van der Waals surface area (Å²) in [6, 6.07) is 3.80. The molecule has 0 aliphatic carbocycles. The lowest BCUT2D eigenvalue weighted by atomic mass is 9.76. The van der Waals surface area contributed by atoms with E-state index in [9.17, 15) is 9.59 Å². The van der Waals surface area contributed by atoms with Gasteiger partial charge in [-0.15, -0.1) is 0 Å². The summed E-state index contributed by atoms with van der Waals surface area (Å²) in [4.78, 5) is 23.5. The van der Waals surface area contributed by atoms with E-state index in [0.717, 1.165) is 42.4 Å². The molecule has 0 fully saturated rings. The first-order valence-electron chi connectivity index (χ1n) is 7.82. The van der Waals surface area contributed by atoms with E-state index in [1.54, 1.807) is 0 Å². The van der Waals surface area contributed by atoms with Crippen LogP contribution in [-0.4, -0.2) is 26.4 Å². The zero-order chi connectivity index (χ0) is 16.8. The van der Waals surface area contributed by atoms with Gasteiger partial charge in [-0.05, 0) is 43.4 Å². The van der Waals surface area contributed by atoms with Gasteiger partial charge in [-0.2, -0.15) is 0 Å². The largest absolute Gasteiger partial charge is 0.465 e. The van der Waals surface area contributed by atoms with E-state index < -0.39 is 0 Å². The van der Waals surface area contributed by atoms with Gasteiger partial charge in [0.1, 0.15) is 6.29 Å². The fourth-order valence-corrected chi connectivity index (χ4v) is 2.93. The van der Waals surface area contributed by atoms with Crippen LogP contribution in [0.25, 0.3) is 0 Å². The molecule has 1 aromatic rings. The summed E-state index contributed by atoms with van der Waals surface area (Å²) >= 11 is 0. The highest BCUT2D eigenvalue weighted by atomic mass is 16.5. The Labute approximate surface area is 133 Å². The number of aryl methyl sites for hydroxylation is 1. The maximum atomic E-state index is 11.8. The molecule has 4 nitrogen and oxygen atoms in total. The van der Waals surface area contributed by atoms with Crippen LogP contribution < -0.4 is 5.32 Å². The number of anilines is 1. The molecule has 1 atom stereocenters. The Bertz CT molecular complexity index is 539.